The summed E-state index contributed by atoms with van der Waals surface area (Å²) in [6, 6.07) is 8.79. The van der Waals surface area contributed by atoms with Crippen molar-refractivity contribution in [3.05, 3.63) is 56.9 Å². The van der Waals surface area contributed by atoms with Crippen molar-refractivity contribution in [2.24, 2.45) is 5.92 Å². The van der Waals surface area contributed by atoms with E-state index < -0.39 is 27.9 Å². The summed E-state index contributed by atoms with van der Waals surface area (Å²) >= 11 is 7.92. The van der Waals surface area contributed by atoms with E-state index in [1.165, 1.54) is 43.3 Å². The van der Waals surface area contributed by atoms with E-state index in [0.717, 1.165) is 4.31 Å². The maximum Gasteiger partial charge on any atom is 0.264 e. The largest absolute Gasteiger partial charge is 0.346 e. The fourth-order valence-electron chi connectivity index (χ4n) is 3.72. The fraction of sp³-hybridized carbons (Fsp3) is 0.440. The summed E-state index contributed by atoms with van der Waals surface area (Å²) in [6.07, 6.45) is 1.34. The number of halogens is 3. The number of carbonyl (C=O) groups is 2. The van der Waals surface area contributed by atoms with Crippen molar-refractivity contribution in [3.8, 4) is 0 Å². The third kappa shape index (κ3) is 8.42. The Hall–Kier alpha value is -1.72. The van der Waals surface area contributed by atoms with Crippen LogP contribution in [0.15, 0.2) is 47.4 Å². The topological polar surface area (TPSA) is 83.6 Å². The van der Waals surface area contributed by atoms with Gasteiger partial charge in [0, 0.05) is 21.1 Å². The second-order valence-electron chi connectivity index (χ2n) is 8.95. The van der Waals surface area contributed by atoms with Crippen molar-refractivity contribution in [2.75, 3.05) is 4.31 Å². The molecular weight excluding hydrogens is 606 g/mol. The molecule has 1 amide bonds. The van der Waals surface area contributed by atoms with Crippen LogP contribution >= 0.6 is 34.2 Å². The summed E-state index contributed by atoms with van der Waals surface area (Å²) in [5.74, 6) is -0.787. The fourth-order valence-corrected chi connectivity index (χ4v) is 6.00. The van der Waals surface area contributed by atoms with Crippen LogP contribution in [-0.2, 0) is 19.6 Å². The van der Waals surface area contributed by atoms with E-state index in [-0.39, 0.29) is 34.6 Å². The van der Waals surface area contributed by atoms with Gasteiger partial charge in [-0.05, 0) is 104 Å². The molecule has 0 aliphatic carbocycles. The standard InChI is InChI=1S/C25H31ClFIN2O4S/c1-16(2)14-23(18(4)31)29-25(32)7-5-6-17(3)30(24-15-20(28)10-13-22(24)27)35(33,34)21-11-8-19(26)9-12-21/h8-13,15-17,23H,5-7,14H2,1-4H3,(H,29,32). The number of Topliss-reactive ketones (excluding diaryl/α,β-unsaturated/α-hetero) is 1. The molecular formula is C25H31ClFIN2O4S. The minimum atomic E-state index is -4.12. The van der Waals surface area contributed by atoms with Gasteiger partial charge in [0.05, 0.1) is 16.6 Å². The molecule has 0 bridgehead atoms. The van der Waals surface area contributed by atoms with Gasteiger partial charge in [0.25, 0.3) is 10.0 Å². The molecule has 2 unspecified atom stereocenters. The van der Waals surface area contributed by atoms with Crippen molar-refractivity contribution >= 4 is 61.6 Å². The number of anilines is 1. The third-order valence-electron chi connectivity index (χ3n) is 5.48. The van der Waals surface area contributed by atoms with Gasteiger partial charge in [-0.15, -0.1) is 0 Å². The second-order valence-corrected chi connectivity index (χ2v) is 12.4. The lowest BCUT2D eigenvalue weighted by Crippen LogP contribution is -2.41. The molecule has 1 N–H and O–H groups in total. The second kappa shape index (κ2) is 13.0. The zero-order valence-corrected chi connectivity index (χ0v) is 24.0. The van der Waals surface area contributed by atoms with Gasteiger partial charge in [-0.1, -0.05) is 25.4 Å². The van der Waals surface area contributed by atoms with Gasteiger partial charge in [0.2, 0.25) is 5.91 Å². The number of sulfonamides is 1. The van der Waals surface area contributed by atoms with Crippen LogP contribution in [0.2, 0.25) is 5.02 Å². The number of nitrogens with one attached hydrogen (secondary N) is 1. The van der Waals surface area contributed by atoms with E-state index in [1.807, 2.05) is 36.4 Å². The predicted octanol–water partition coefficient (Wildman–Crippen LogP) is 5.96. The zero-order valence-electron chi connectivity index (χ0n) is 20.2. The maximum atomic E-state index is 14.8. The minimum Gasteiger partial charge on any atom is -0.346 e. The molecule has 0 spiro atoms. The normalized spacial score (nSPS) is 13.4. The molecule has 2 aromatic carbocycles. The highest BCUT2D eigenvalue weighted by atomic mass is 127. The van der Waals surface area contributed by atoms with E-state index in [4.69, 9.17) is 11.6 Å². The molecule has 35 heavy (non-hydrogen) atoms. The summed E-state index contributed by atoms with van der Waals surface area (Å²) in [6.45, 7) is 7.08. The molecule has 2 aromatic rings. The monoisotopic (exact) mass is 636 g/mol. The summed E-state index contributed by atoms with van der Waals surface area (Å²) in [4.78, 5) is 24.3. The van der Waals surface area contributed by atoms with Gasteiger partial charge in [-0.25, -0.2) is 12.8 Å². The number of amides is 1. The molecule has 192 valence electrons. The van der Waals surface area contributed by atoms with E-state index in [0.29, 0.717) is 27.9 Å². The van der Waals surface area contributed by atoms with E-state index in [9.17, 15) is 22.4 Å². The molecule has 0 saturated carbocycles. The third-order valence-corrected chi connectivity index (χ3v) is 8.34. The number of rotatable bonds is 12. The van der Waals surface area contributed by atoms with Gasteiger partial charge < -0.3 is 5.32 Å². The first-order chi connectivity index (χ1) is 16.3. The van der Waals surface area contributed by atoms with Crippen LogP contribution < -0.4 is 9.62 Å². The van der Waals surface area contributed by atoms with Crippen LogP contribution in [0.3, 0.4) is 0 Å². The van der Waals surface area contributed by atoms with E-state index >= 15 is 0 Å². The predicted molar refractivity (Wildman–Crippen MR) is 146 cm³/mol. The quantitative estimate of drug-likeness (QED) is 0.292. The van der Waals surface area contributed by atoms with Crippen LogP contribution in [-0.4, -0.2) is 32.2 Å². The Morgan fingerprint density at radius 1 is 1.11 bits per heavy atom. The summed E-state index contributed by atoms with van der Waals surface area (Å²) in [5, 5.41) is 3.15. The smallest absolute Gasteiger partial charge is 0.264 e. The van der Waals surface area contributed by atoms with Crippen molar-refractivity contribution in [1.82, 2.24) is 5.32 Å². The van der Waals surface area contributed by atoms with Crippen LogP contribution in [0, 0.1) is 15.3 Å². The molecule has 0 aliphatic rings. The molecule has 0 aromatic heterocycles. The summed E-state index contributed by atoms with van der Waals surface area (Å²) in [7, 11) is -4.12. The molecule has 2 rings (SSSR count). The molecule has 0 fully saturated rings. The van der Waals surface area contributed by atoms with Crippen molar-refractivity contribution in [3.63, 3.8) is 0 Å². The van der Waals surface area contributed by atoms with Crippen LogP contribution in [0.25, 0.3) is 0 Å². The first-order valence-electron chi connectivity index (χ1n) is 11.4. The first kappa shape index (κ1) is 29.5. The number of nitrogens with zero attached hydrogens (tertiary/aromatic N) is 1. The Morgan fingerprint density at radius 2 is 1.74 bits per heavy atom. The SMILES string of the molecule is CC(=O)C(CC(C)C)NC(=O)CCCC(C)N(c1cc(I)ccc1F)S(=O)(=O)c1ccc(Cl)cc1. The van der Waals surface area contributed by atoms with Crippen molar-refractivity contribution in [2.45, 2.75) is 70.4 Å². The molecule has 0 radical (unpaired) electrons. The number of hydrogen-bond donors (Lipinski definition) is 1. The van der Waals surface area contributed by atoms with E-state index in [2.05, 4.69) is 5.32 Å². The number of hydrogen-bond acceptors (Lipinski definition) is 4. The molecule has 0 heterocycles. The molecule has 6 nitrogen and oxygen atoms in total. The Kier molecular flexibility index (Phi) is 11.0. The average molecular weight is 637 g/mol. The average Bonchev–Trinajstić information content (AvgIpc) is 2.75. The minimum absolute atomic E-state index is 0.0114. The summed E-state index contributed by atoms with van der Waals surface area (Å²) in [5.41, 5.74) is -0.0580. The van der Waals surface area contributed by atoms with Gasteiger partial charge in [-0.3, -0.25) is 13.9 Å². The van der Waals surface area contributed by atoms with Gasteiger partial charge in [0.15, 0.2) is 5.78 Å². The van der Waals surface area contributed by atoms with E-state index in [1.54, 1.807) is 13.0 Å². The molecule has 2 atom stereocenters. The Morgan fingerprint density at radius 3 is 2.31 bits per heavy atom. The molecule has 10 heteroatoms. The highest BCUT2D eigenvalue weighted by Gasteiger charge is 2.31. The summed E-state index contributed by atoms with van der Waals surface area (Å²) < 4.78 is 43.7. The maximum absolute atomic E-state index is 14.8. The lowest BCUT2D eigenvalue weighted by atomic mass is 10.0. The Bertz CT molecular complexity index is 1140. The van der Waals surface area contributed by atoms with Crippen LogP contribution in [0.5, 0.6) is 0 Å². The zero-order chi connectivity index (χ0) is 26.3. The van der Waals surface area contributed by atoms with Crippen LogP contribution in [0.1, 0.15) is 53.4 Å². The van der Waals surface area contributed by atoms with Gasteiger partial charge in [-0.2, -0.15) is 0 Å². The lowest BCUT2D eigenvalue weighted by molar-refractivity contribution is -0.127. The Balaban J connectivity index is 2.23. The van der Waals surface area contributed by atoms with Gasteiger partial charge in [0.1, 0.15) is 5.82 Å². The number of benzene rings is 2. The van der Waals surface area contributed by atoms with Crippen molar-refractivity contribution in [1.29, 1.82) is 0 Å². The lowest BCUT2D eigenvalue weighted by Gasteiger charge is -2.31. The molecule has 0 saturated heterocycles. The Labute approximate surface area is 225 Å². The molecule has 0 aliphatic heterocycles. The highest BCUT2D eigenvalue weighted by molar-refractivity contribution is 14.1. The van der Waals surface area contributed by atoms with Gasteiger partial charge >= 0.3 is 0 Å². The number of carbonyl (C=O) groups excluding carboxylic acids is 2. The highest BCUT2D eigenvalue weighted by Crippen LogP contribution is 2.32. The first-order valence-corrected chi connectivity index (χ1v) is 14.3. The van der Waals surface area contributed by atoms with Crippen molar-refractivity contribution < 1.29 is 22.4 Å². The number of ketones is 1. The van der Waals surface area contributed by atoms with Crippen LogP contribution in [0.4, 0.5) is 10.1 Å².